The highest BCUT2D eigenvalue weighted by molar-refractivity contribution is 8.00. The fourth-order valence-electron chi connectivity index (χ4n) is 2.56. The van der Waals surface area contributed by atoms with Crippen molar-refractivity contribution in [1.29, 1.82) is 0 Å². The Morgan fingerprint density at radius 3 is 2.45 bits per heavy atom. The standard InChI is InChI=1S/C18H19NO2S/c1-21-15-9-7-14(8-10-15)16-17(18(20)19-16)22-12-11-13-5-3-2-4-6-13/h2-10,16-17H,11-12H2,1H3,(H,19,20)/t16-,17+/m1/s1. The van der Waals surface area contributed by atoms with Crippen LogP contribution in [0.25, 0.3) is 0 Å². The Balaban J connectivity index is 1.56. The minimum Gasteiger partial charge on any atom is -0.497 e. The number of carbonyl (C=O) groups excluding carboxylic acids is 1. The number of hydrogen-bond donors (Lipinski definition) is 1. The molecule has 0 aromatic heterocycles. The molecule has 1 N–H and O–H groups in total. The van der Waals surface area contributed by atoms with E-state index < -0.39 is 0 Å². The number of ether oxygens (including phenoxy) is 1. The number of benzene rings is 2. The van der Waals surface area contributed by atoms with Crippen molar-refractivity contribution in [2.75, 3.05) is 12.9 Å². The Morgan fingerprint density at radius 2 is 1.82 bits per heavy atom. The maximum Gasteiger partial charge on any atom is 0.236 e. The third-order valence-corrected chi connectivity index (χ3v) is 5.15. The summed E-state index contributed by atoms with van der Waals surface area (Å²) in [6, 6.07) is 18.4. The normalized spacial score (nSPS) is 20.1. The number of carbonyl (C=O) groups is 1. The van der Waals surface area contributed by atoms with Gasteiger partial charge in [0.25, 0.3) is 0 Å². The van der Waals surface area contributed by atoms with Gasteiger partial charge in [0.2, 0.25) is 5.91 Å². The van der Waals surface area contributed by atoms with Crippen LogP contribution in [0.4, 0.5) is 0 Å². The average Bonchev–Trinajstić information content (AvgIpc) is 2.57. The SMILES string of the molecule is COc1ccc([C@H]2NC(=O)[C@H]2SCCc2ccccc2)cc1. The number of nitrogens with one attached hydrogen (secondary N) is 1. The first-order valence-corrected chi connectivity index (χ1v) is 8.42. The fraction of sp³-hybridized carbons (Fsp3) is 0.278. The number of amides is 1. The summed E-state index contributed by atoms with van der Waals surface area (Å²) in [5.74, 6) is 1.93. The molecule has 2 aromatic carbocycles. The van der Waals surface area contributed by atoms with E-state index in [0.29, 0.717) is 0 Å². The molecule has 0 bridgehead atoms. The minimum atomic E-state index is 0.0112. The molecule has 3 rings (SSSR count). The first-order chi connectivity index (χ1) is 10.8. The average molecular weight is 313 g/mol. The molecule has 3 nitrogen and oxygen atoms in total. The van der Waals surface area contributed by atoms with Gasteiger partial charge in [-0.25, -0.2) is 0 Å². The second-order valence-corrected chi connectivity index (χ2v) is 6.54. The maximum absolute atomic E-state index is 11.8. The maximum atomic E-state index is 11.8. The van der Waals surface area contributed by atoms with E-state index in [1.165, 1.54) is 5.56 Å². The van der Waals surface area contributed by atoms with Crippen LogP contribution in [0.2, 0.25) is 0 Å². The molecule has 0 radical (unpaired) electrons. The van der Waals surface area contributed by atoms with Crippen LogP contribution in [-0.2, 0) is 11.2 Å². The lowest BCUT2D eigenvalue weighted by Crippen LogP contribution is -2.54. The molecule has 0 saturated carbocycles. The van der Waals surface area contributed by atoms with Crippen LogP contribution in [-0.4, -0.2) is 24.0 Å². The van der Waals surface area contributed by atoms with Gasteiger partial charge in [0.15, 0.2) is 0 Å². The summed E-state index contributed by atoms with van der Waals surface area (Å²) in [4.78, 5) is 11.8. The molecule has 1 amide bonds. The van der Waals surface area contributed by atoms with Gasteiger partial charge in [0.05, 0.1) is 13.2 Å². The van der Waals surface area contributed by atoms with Crippen molar-refractivity contribution in [3.8, 4) is 5.75 Å². The van der Waals surface area contributed by atoms with E-state index in [1.54, 1.807) is 18.9 Å². The summed E-state index contributed by atoms with van der Waals surface area (Å²) in [6.07, 6.45) is 0.991. The Bertz CT molecular complexity index is 627. The van der Waals surface area contributed by atoms with E-state index in [2.05, 4.69) is 29.6 Å². The van der Waals surface area contributed by atoms with Gasteiger partial charge in [-0.15, -0.1) is 11.8 Å². The number of rotatable bonds is 6. The minimum absolute atomic E-state index is 0.0112. The second-order valence-electron chi connectivity index (χ2n) is 5.29. The van der Waals surface area contributed by atoms with Crippen LogP contribution in [0.3, 0.4) is 0 Å². The Hall–Kier alpha value is -1.94. The van der Waals surface area contributed by atoms with Crippen LogP contribution in [0, 0.1) is 0 Å². The Kier molecular flexibility index (Phi) is 4.68. The molecule has 114 valence electrons. The van der Waals surface area contributed by atoms with Gasteiger partial charge >= 0.3 is 0 Å². The van der Waals surface area contributed by atoms with Crippen molar-refractivity contribution in [3.63, 3.8) is 0 Å². The zero-order valence-corrected chi connectivity index (χ0v) is 13.3. The van der Waals surface area contributed by atoms with Gasteiger partial charge in [-0.2, -0.15) is 0 Å². The third-order valence-electron chi connectivity index (χ3n) is 3.86. The van der Waals surface area contributed by atoms with Crippen LogP contribution in [0.15, 0.2) is 54.6 Å². The smallest absolute Gasteiger partial charge is 0.236 e. The monoisotopic (exact) mass is 313 g/mol. The lowest BCUT2D eigenvalue weighted by molar-refractivity contribution is -0.127. The molecule has 1 heterocycles. The van der Waals surface area contributed by atoms with Crippen molar-refractivity contribution in [1.82, 2.24) is 5.32 Å². The molecular weight excluding hydrogens is 294 g/mol. The summed E-state index contributed by atoms with van der Waals surface area (Å²) in [7, 11) is 1.66. The van der Waals surface area contributed by atoms with Crippen molar-refractivity contribution in [3.05, 3.63) is 65.7 Å². The molecule has 0 spiro atoms. The van der Waals surface area contributed by atoms with Gasteiger partial charge in [0, 0.05) is 0 Å². The lowest BCUT2D eigenvalue weighted by Gasteiger charge is -2.36. The number of aryl methyl sites for hydroxylation is 1. The Morgan fingerprint density at radius 1 is 1.09 bits per heavy atom. The molecular formula is C18H19NO2S. The van der Waals surface area contributed by atoms with Crippen molar-refractivity contribution < 1.29 is 9.53 Å². The second kappa shape index (κ2) is 6.88. The largest absolute Gasteiger partial charge is 0.497 e. The van der Waals surface area contributed by atoms with E-state index in [-0.39, 0.29) is 17.2 Å². The molecule has 0 aliphatic carbocycles. The molecule has 0 unspecified atom stereocenters. The zero-order valence-electron chi connectivity index (χ0n) is 12.5. The van der Waals surface area contributed by atoms with E-state index >= 15 is 0 Å². The molecule has 1 fully saturated rings. The van der Waals surface area contributed by atoms with Gasteiger partial charge in [-0.05, 0) is 35.4 Å². The molecule has 4 heteroatoms. The highest BCUT2D eigenvalue weighted by Crippen LogP contribution is 2.34. The van der Waals surface area contributed by atoms with Crippen LogP contribution >= 0.6 is 11.8 Å². The van der Waals surface area contributed by atoms with Gasteiger partial charge in [0.1, 0.15) is 11.0 Å². The molecule has 2 aromatic rings. The van der Waals surface area contributed by atoms with Crippen LogP contribution in [0.5, 0.6) is 5.75 Å². The van der Waals surface area contributed by atoms with Crippen molar-refractivity contribution in [2.24, 2.45) is 0 Å². The van der Waals surface area contributed by atoms with Gasteiger partial charge < -0.3 is 10.1 Å². The number of methoxy groups -OCH3 is 1. The van der Waals surface area contributed by atoms with E-state index in [1.807, 2.05) is 30.3 Å². The topological polar surface area (TPSA) is 38.3 Å². The highest BCUT2D eigenvalue weighted by Gasteiger charge is 2.40. The van der Waals surface area contributed by atoms with Gasteiger partial charge in [-0.1, -0.05) is 42.5 Å². The molecule has 2 atom stereocenters. The fourth-order valence-corrected chi connectivity index (χ4v) is 3.80. The lowest BCUT2D eigenvalue weighted by atomic mass is 9.96. The molecule has 1 saturated heterocycles. The zero-order chi connectivity index (χ0) is 15.4. The number of hydrogen-bond acceptors (Lipinski definition) is 3. The van der Waals surface area contributed by atoms with Crippen LogP contribution < -0.4 is 10.1 Å². The quantitative estimate of drug-likeness (QED) is 0.832. The summed E-state index contributed by atoms with van der Waals surface area (Å²) in [5.41, 5.74) is 2.45. The third kappa shape index (κ3) is 3.28. The number of β-lactam (4-membered cyclic amide) rings is 1. The first kappa shape index (κ1) is 15.0. The Labute approximate surface area is 135 Å². The van der Waals surface area contributed by atoms with Crippen molar-refractivity contribution >= 4 is 17.7 Å². The summed E-state index contributed by atoms with van der Waals surface area (Å²) in [5, 5.41) is 3.01. The van der Waals surface area contributed by atoms with E-state index in [4.69, 9.17) is 4.74 Å². The molecule has 22 heavy (non-hydrogen) atoms. The summed E-state index contributed by atoms with van der Waals surface area (Å²) >= 11 is 1.74. The predicted molar refractivity (Wildman–Crippen MR) is 90.3 cm³/mol. The number of thioether (sulfide) groups is 1. The van der Waals surface area contributed by atoms with E-state index in [0.717, 1.165) is 23.5 Å². The highest BCUT2D eigenvalue weighted by atomic mass is 32.2. The predicted octanol–water partition coefficient (Wildman–Crippen LogP) is 3.21. The summed E-state index contributed by atoms with van der Waals surface area (Å²) < 4.78 is 5.17. The summed E-state index contributed by atoms with van der Waals surface area (Å²) in [6.45, 7) is 0. The van der Waals surface area contributed by atoms with Crippen LogP contribution in [0.1, 0.15) is 17.2 Å². The molecule has 1 aliphatic rings. The van der Waals surface area contributed by atoms with E-state index in [9.17, 15) is 4.79 Å². The first-order valence-electron chi connectivity index (χ1n) is 7.38. The molecule has 1 aliphatic heterocycles. The van der Waals surface area contributed by atoms with Crippen molar-refractivity contribution in [2.45, 2.75) is 17.7 Å². The van der Waals surface area contributed by atoms with Gasteiger partial charge in [-0.3, -0.25) is 4.79 Å².